The van der Waals surface area contributed by atoms with E-state index in [2.05, 4.69) is 4.98 Å². The molecule has 0 saturated heterocycles. The number of allylic oxidation sites excluding steroid dienone is 1. The van der Waals surface area contributed by atoms with E-state index in [0.29, 0.717) is 10.7 Å². The number of hydrogen-bond acceptors (Lipinski definition) is 5. The lowest BCUT2D eigenvalue weighted by Crippen LogP contribution is -2.35. The van der Waals surface area contributed by atoms with Crippen LogP contribution in [0.2, 0.25) is 0 Å². The maximum Gasteiger partial charge on any atom is 0.331 e. The highest BCUT2D eigenvalue weighted by atomic mass is 32.2. The molecule has 2 aromatic rings. The van der Waals surface area contributed by atoms with E-state index < -0.39 is 23.6 Å². The smallest absolute Gasteiger partial charge is 0.331 e. The molecule has 22 heavy (non-hydrogen) atoms. The predicted octanol–water partition coefficient (Wildman–Crippen LogP) is 1.45. The van der Waals surface area contributed by atoms with Crippen molar-refractivity contribution >= 4 is 11.8 Å². The molecule has 3 rings (SSSR count). The number of aliphatic hydroxyl groups is 1. The SMILES string of the molecule is CC1=C(Sc2ccccc2)[C@H](O)[C@H](n2ccc(=O)[nH]c2=O)O1. The highest BCUT2D eigenvalue weighted by molar-refractivity contribution is 8.03. The van der Waals surface area contributed by atoms with E-state index in [1.54, 1.807) is 6.92 Å². The van der Waals surface area contributed by atoms with Gasteiger partial charge in [-0.2, -0.15) is 0 Å². The Morgan fingerprint density at radius 1 is 1.23 bits per heavy atom. The largest absolute Gasteiger partial charge is 0.471 e. The van der Waals surface area contributed by atoms with Crippen LogP contribution in [0.15, 0.2) is 67.7 Å². The number of aliphatic hydroxyl groups excluding tert-OH is 1. The Labute approximate surface area is 130 Å². The third-order valence-electron chi connectivity index (χ3n) is 3.28. The Balaban J connectivity index is 1.88. The van der Waals surface area contributed by atoms with Crippen LogP contribution < -0.4 is 11.2 Å². The summed E-state index contributed by atoms with van der Waals surface area (Å²) >= 11 is 1.39. The van der Waals surface area contributed by atoms with Gasteiger partial charge in [-0.3, -0.25) is 14.3 Å². The van der Waals surface area contributed by atoms with E-state index in [0.717, 1.165) is 4.90 Å². The van der Waals surface area contributed by atoms with Crippen LogP contribution in [0.1, 0.15) is 13.2 Å². The van der Waals surface area contributed by atoms with Crippen molar-refractivity contribution in [3.63, 3.8) is 0 Å². The van der Waals surface area contributed by atoms with Gasteiger partial charge in [-0.05, 0) is 19.1 Å². The lowest BCUT2D eigenvalue weighted by Gasteiger charge is -2.18. The molecule has 1 aliphatic heterocycles. The highest BCUT2D eigenvalue weighted by Crippen LogP contribution is 2.41. The molecule has 7 heteroatoms. The number of rotatable bonds is 3. The molecule has 1 aromatic heterocycles. The van der Waals surface area contributed by atoms with E-state index in [1.807, 2.05) is 30.3 Å². The minimum atomic E-state index is -0.978. The summed E-state index contributed by atoms with van der Waals surface area (Å²) in [6, 6.07) is 10.8. The third-order valence-corrected chi connectivity index (χ3v) is 4.54. The number of nitrogens with zero attached hydrogens (tertiary/aromatic N) is 1. The Morgan fingerprint density at radius 3 is 2.64 bits per heavy atom. The molecule has 0 saturated carbocycles. The summed E-state index contributed by atoms with van der Waals surface area (Å²) in [5.74, 6) is 0.560. The lowest BCUT2D eigenvalue weighted by atomic mass is 10.3. The van der Waals surface area contributed by atoms with Crippen LogP contribution in [0.5, 0.6) is 0 Å². The number of nitrogens with one attached hydrogen (secondary N) is 1. The molecule has 6 nitrogen and oxygen atoms in total. The number of thioether (sulfide) groups is 1. The Morgan fingerprint density at radius 2 is 1.95 bits per heavy atom. The fourth-order valence-electron chi connectivity index (χ4n) is 2.23. The van der Waals surface area contributed by atoms with Gasteiger partial charge in [-0.1, -0.05) is 30.0 Å². The summed E-state index contributed by atoms with van der Waals surface area (Å²) in [7, 11) is 0. The van der Waals surface area contributed by atoms with Crippen molar-refractivity contribution in [2.75, 3.05) is 0 Å². The lowest BCUT2D eigenvalue weighted by molar-refractivity contribution is -0.00276. The maximum atomic E-state index is 11.8. The molecule has 2 atom stereocenters. The van der Waals surface area contributed by atoms with E-state index in [1.165, 1.54) is 28.6 Å². The predicted molar refractivity (Wildman–Crippen MR) is 82.5 cm³/mol. The van der Waals surface area contributed by atoms with Crippen LogP contribution in [0.3, 0.4) is 0 Å². The second kappa shape index (κ2) is 5.86. The average Bonchev–Trinajstić information content (AvgIpc) is 2.76. The van der Waals surface area contributed by atoms with Gasteiger partial charge in [-0.15, -0.1) is 0 Å². The number of aromatic amines is 1. The molecule has 0 radical (unpaired) electrons. The van der Waals surface area contributed by atoms with Crippen LogP contribution in [0, 0.1) is 0 Å². The Bertz CT molecular complexity index is 825. The van der Waals surface area contributed by atoms with Crippen molar-refractivity contribution in [3.05, 3.63) is 74.1 Å². The van der Waals surface area contributed by atoms with Gasteiger partial charge < -0.3 is 9.84 Å². The van der Waals surface area contributed by atoms with Crippen molar-refractivity contribution < 1.29 is 9.84 Å². The molecular formula is C15H14N2O4S. The number of ether oxygens (including phenoxy) is 1. The van der Waals surface area contributed by atoms with Crippen LogP contribution in [0.4, 0.5) is 0 Å². The van der Waals surface area contributed by atoms with Crippen molar-refractivity contribution in [1.29, 1.82) is 0 Å². The molecule has 1 aliphatic rings. The minimum absolute atomic E-state index is 0.489. The number of hydrogen-bond donors (Lipinski definition) is 2. The topological polar surface area (TPSA) is 84.3 Å². The van der Waals surface area contributed by atoms with Crippen molar-refractivity contribution in [2.45, 2.75) is 24.2 Å². The zero-order chi connectivity index (χ0) is 15.7. The quantitative estimate of drug-likeness (QED) is 0.895. The van der Waals surface area contributed by atoms with Gasteiger partial charge in [0.15, 0.2) is 0 Å². The summed E-state index contributed by atoms with van der Waals surface area (Å²) in [5, 5.41) is 10.5. The molecule has 0 bridgehead atoms. The first-order valence-electron chi connectivity index (χ1n) is 6.66. The van der Waals surface area contributed by atoms with Gasteiger partial charge in [0.25, 0.3) is 5.56 Å². The van der Waals surface area contributed by atoms with Crippen LogP contribution in [-0.4, -0.2) is 20.8 Å². The van der Waals surface area contributed by atoms with E-state index in [4.69, 9.17) is 4.74 Å². The third kappa shape index (κ3) is 2.72. The van der Waals surface area contributed by atoms with Crippen LogP contribution in [-0.2, 0) is 4.74 Å². The molecular weight excluding hydrogens is 304 g/mol. The van der Waals surface area contributed by atoms with Gasteiger partial charge in [0.1, 0.15) is 11.9 Å². The fraction of sp³-hybridized carbons (Fsp3) is 0.200. The van der Waals surface area contributed by atoms with Gasteiger partial charge in [0.2, 0.25) is 6.23 Å². The van der Waals surface area contributed by atoms with Crippen molar-refractivity contribution in [3.8, 4) is 0 Å². The first kappa shape index (κ1) is 14.7. The van der Waals surface area contributed by atoms with Crippen molar-refractivity contribution in [2.24, 2.45) is 0 Å². The molecule has 114 valence electrons. The van der Waals surface area contributed by atoms with Gasteiger partial charge in [0.05, 0.1) is 4.91 Å². The summed E-state index contributed by atoms with van der Waals surface area (Å²) in [6.07, 6.45) is -0.539. The standard InChI is InChI=1S/C15H14N2O4S/c1-9-13(22-10-5-3-2-4-6-10)12(19)14(21-9)17-8-7-11(18)16-15(17)20/h2-8,12,14,19H,1H3,(H,16,18,20)/t12-,14+/m0/s1. The molecule has 0 aliphatic carbocycles. The van der Waals surface area contributed by atoms with Gasteiger partial charge >= 0.3 is 5.69 Å². The van der Waals surface area contributed by atoms with E-state index in [-0.39, 0.29) is 0 Å². The number of benzene rings is 1. The monoisotopic (exact) mass is 318 g/mol. The maximum absolute atomic E-state index is 11.8. The Kier molecular flexibility index (Phi) is 3.91. The summed E-state index contributed by atoms with van der Waals surface area (Å²) in [4.78, 5) is 26.7. The molecule has 0 spiro atoms. The summed E-state index contributed by atoms with van der Waals surface area (Å²) in [5.41, 5.74) is -1.10. The normalized spacial score (nSPS) is 21.0. The first-order chi connectivity index (χ1) is 10.6. The minimum Gasteiger partial charge on any atom is -0.471 e. The Hall–Kier alpha value is -2.25. The first-order valence-corrected chi connectivity index (χ1v) is 7.48. The van der Waals surface area contributed by atoms with Crippen LogP contribution >= 0.6 is 11.8 Å². The van der Waals surface area contributed by atoms with E-state index in [9.17, 15) is 14.7 Å². The molecule has 1 aromatic carbocycles. The van der Waals surface area contributed by atoms with Crippen molar-refractivity contribution in [1.82, 2.24) is 9.55 Å². The summed E-state index contributed by atoms with van der Waals surface area (Å²) in [6.45, 7) is 1.74. The molecule has 0 amide bonds. The molecule has 0 fully saturated rings. The molecule has 0 unspecified atom stereocenters. The number of H-pyrrole nitrogens is 1. The zero-order valence-electron chi connectivity index (χ0n) is 11.7. The zero-order valence-corrected chi connectivity index (χ0v) is 12.5. The second-order valence-electron chi connectivity index (χ2n) is 4.81. The van der Waals surface area contributed by atoms with Gasteiger partial charge in [-0.25, -0.2) is 4.79 Å². The summed E-state index contributed by atoms with van der Waals surface area (Å²) < 4.78 is 6.79. The van der Waals surface area contributed by atoms with E-state index >= 15 is 0 Å². The highest BCUT2D eigenvalue weighted by Gasteiger charge is 2.36. The fourth-order valence-corrected chi connectivity index (χ4v) is 3.20. The molecule has 2 heterocycles. The molecule has 2 N–H and O–H groups in total. The number of aromatic nitrogens is 2. The van der Waals surface area contributed by atoms with Crippen LogP contribution in [0.25, 0.3) is 0 Å². The second-order valence-corrected chi connectivity index (χ2v) is 5.92. The van der Waals surface area contributed by atoms with Gasteiger partial charge in [0, 0.05) is 17.2 Å². The average molecular weight is 318 g/mol.